The molecular weight excluding hydrogens is 269 g/mol. The van der Waals surface area contributed by atoms with Crippen LogP contribution in [0.4, 0.5) is 13.2 Å². The number of hydrogen-bond acceptors (Lipinski definition) is 2. The van der Waals surface area contributed by atoms with Crippen molar-refractivity contribution in [2.45, 2.75) is 38.5 Å². The lowest BCUT2D eigenvalue weighted by molar-refractivity contribution is -0.274. The molecule has 0 spiro atoms. The molecule has 1 aliphatic rings. The molecule has 0 atom stereocenters. The van der Waals surface area contributed by atoms with Crippen LogP contribution in [0.2, 0.25) is 0 Å². The highest BCUT2D eigenvalue weighted by atomic mass is 19.4. The SMILES string of the molecule is O=C(CC1=CCCCC1)c1cccc(OC(F)(F)F)c1. The lowest BCUT2D eigenvalue weighted by Crippen LogP contribution is -2.17. The Bertz CT molecular complexity index is 518. The van der Waals surface area contributed by atoms with E-state index >= 15 is 0 Å². The van der Waals surface area contributed by atoms with E-state index in [4.69, 9.17) is 0 Å². The van der Waals surface area contributed by atoms with E-state index in [-0.39, 0.29) is 23.5 Å². The third kappa shape index (κ3) is 4.40. The Morgan fingerprint density at radius 2 is 2.05 bits per heavy atom. The minimum atomic E-state index is -4.74. The number of rotatable bonds is 4. The quantitative estimate of drug-likeness (QED) is 0.594. The first-order chi connectivity index (χ1) is 9.44. The van der Waals surface area contributed by atoms with E-state index < -0.39 is 6.36 Å². The number of benzene rings is 1. The number of allylic oxidation sites excluding steroid dienone is 2. The Labute approximate surface area is 115 Å². The highest BCUT2D eigenvalue weighted by Gasteiger charge is 2.31. The predicted molar refractivity (Wildman–Crippen MR) is 68.6 cm³/mol. The van der Waals surface area contributed by atoms with Crippen molar-refractivity contribution in [1.29, 1.82) is 0 Å². The maximum atomic E-state index is 12.1. The lowest BCUT2D eigenvalue weighted by Gasteiger charge is -2.13. The van der Waals surface area contributed by atoms with E-state index in [0.717, 1.165) is 37.3 Å². The van der Waals surface area contributed by atoms with E-state index in [0.29, 0.717) is 0 Å². The van der Waals surface area contributed by atoms with E-state index in [9.17, 15) is 18.0 Å². The van der Waals surface area contributed by atoms with Gasteiger partial charge in [-0.25, -0.2) is 0 Å². The zero-order valence-corrected chi connectivity index (χ0v) is 10.9. The van der Waals surface area contributed by atoms with Crippen molar-refractivity contribution in [2.24, 2.45) is 0 Å². The summed E-state index contributed by atoms with van der Waals surface area (Å²) in [6.07, 6.45) is 1.65. The van der Waals surface area contributed by atoms with Gasteiger partial charge < -0.3 is 4.74 Å². The Kier molecular flexibility index (Phi) is 4.47. The molecular formula is C15H15F3O2. The van der Waals surface area contributed by atoms with Gasteiger partial charge in [-0.2, -0.15) is 0 Å². The van der Waals surface area contributed by atoms with Crippen molar-refractivity contribution in [2.75, 3.05) is 0 Å². The van der Waals surface area contributed by atoms with Crippen molar-refractivity contribution >= 4 is 5.78 Å². The molecule has 0 aromatic heterocycles. The van der Waals surface area contributed by atoms with Crippen LogP contribution in [0.5, 0.6) is 5.75 Å². The van der Waals surface area contributed by atoms with Gasteiger partial charge in [0.05, 0.1) is 0 Å². The minimum Gasteiger partial charge on any atom is -0.406 e. The van der Waals surface area contributed by atoms with Gasteiger partial charge in [-0.3, -0.25) is 4.79 Å². The van der Waals surface area contributed by atoms with Gasteiger partial charge in [-0.05, 0) is 37.8 Å². The average molecular weight is 284 g/mol. The first-order valence-corrected chi connectivity index (χ1v) is 6.51. The van der Waals surface area contributed by atoms with Crippen LogP contribution in [0, 0.1) is 0 Å². The maximum absolute atomic E-state index is 12.1. The van der Waals surface area contributed by atoms with Crippen LogP contribution in [0.3, 0.4) is 0 Å². The van der Waals surface area contributed by atoms with Crippen LogP contribution in [0.25, 0.3) is 0 Å². The third-order valence-corrected chi connectivity index (χ3v) is 3.16. The van der Waals surface area contributed by atoms with E-state index in [2.05, 4.69) is 10.8 Å². The molecule has 0 unspecified atom stereocenters. The Morgan fingerprint density at radius 1 is 1.25 bits per heavy atom. The summed E-state index contributed by atoms with van der Waals surface area (Å²) in [6.45, 7) is 0. The number of Topliss-reactive ketones (excluding diaryl/α,β-unsaturated/α-hetero) is 1. The molecule has 1 aromatic carbocycles. The van der Waals surface area contributed by atoms with Crippen molar-refractivity contribution in [3.8, 4) is 5.75 Å². The predicted octanol–water partition coefficient (Wildman–Crippen LogP) is 4.66. The summed E-state index contributed by atoms with van der Waals surface area (Å²) < 4.78 is 40.2. The van der Waals surface area contributed by atoms with Gasteiger partial charge in [0.25, 0.3) is 0 Å². The molecule has 0 saturated heterocycles. The summed E-state index contributed by atoms with van der Waals surface area (Å²) in [5.41, 5.74) is 1.32. The molecule has 2 rings (SSSR count). The van der Waals surface area contributed by atoms with Crippen LogP contribution in [0.1, 0.15) is 42.5 Å². The first kappa shape index (κ1) is 14.6. The molecule has 2 nitrogen and oxygen atoms in total. The van der Waals surface area contributed by atoms with E-state index in [1.165, 1.54) is 18.2 Å². The summed E-state index contributed by atoms with van der Waals surface area (Å²) in [7, 11) is 0. The minimum absolute atomic E-state index is 0.175. The van der Waals surface area contributed by atoms with Gasteiger partial charge in [-0.1, -0.05) is 23.8 Å². The highest BCUT2D eigenvalue weighted by molar-refractivity contribution is 5.97. The van der Waals surface area contributed by atoms with Crippen molar-refractivity contribution < 1.29 is 22.7 Å². The molecule has 1 aromatic rings. The van der Waals surface area contributed by atoms with E-state index in [1.807, 2.05) is 0 Å². The number of alkyl halides is 3. The average Bonchev–Trinajstić information content (AvgIpc) is 2.38. The van der Waals surface area contributed by atoms with Crippen LogP contribution in [-0.4, -0.2) is 12.1 Å². The fraction of sp³-hybridized carbons (Fsp3) is 0.400. The molecule has 0 amide bonds. The summed E-state index contributed by atoms with van der Waals surface area (Å²) in [5.74, 6) is -0.535. The molecule has 0 bridgehead atoms. The standard InChI is InChI=1S/C15H15F3O2/c16-15(17,18)20-13-8-4-7-12(10-13)14(19)9-11-5-2-1-3-6-11/h4-5,7-8,10H,1-3,6,9H2. The molecule has 0 saturated carbocycles. The van der Waals surface area contributed by atoms with E-state index in [1.54, 1.807) is 0 Å². The fourth-order valence-corrected chi connectivity index (χ4v) is 2.24. The smallest absolute Gasteiger partial charge is 0.406 e. The van der Waals surface area contributed by atoms with Gasteiger partial charge >= 0.3 is 6.36 Å². The highest BCUT2D eigenvalue weighted by Crippen LogP contribution is 2.25. The topological polar surface area (TPSA) is 26.3 Å². The molecule has 0 N–H and O–H groups in total. The van der Waals surface area contributed by atoms with Crippen LogP contribution >= 0.6 is 0 Å². The second-order valence-electron chi connectivity index (χ2n) is 4.78. The first-order valence-electron chi connectivity index (χ1n) is 6.51. The molecule has 0 fully saturated rings. The number of hydrogen-bond donors (Lipinski definition) is 0. The normalized spacial score (nSPS) is 15.7. The fourth-order valence-electron chi connectivity index (χ4n) is 2.24. The number of halogens is 3. The molecule has 0 heterocycles. The molecule has 0 aliphatic heterocycles. The van der Waals surface area contributed by atoms with Crippen LogP contribution < -0.4 is 4.74 Å². The second-order valence-corrected chi connectivity index (χ2v) is 4.78. The summed E-state index contributed by atoms with van der Waals surface area (Å²) in [4.78, 5) is 12.1. The van der Waals surface area contributed by atoms with Crippen molar-refractivity contribution in [1.82, 2.24) is 0 Å². The Morgan fingerprint density at radius 3 is 2.70 bits per heavy atom. The summed E-state index contributed by atoms with van der Waals surface area (Å²) in [6, 6.07) is 5.22. The zero-order valence-electron chi connectivity index (χ0n) is 10.9. The third-order valence-electron chi connectivity index (χ3n) is 3.16. The molecule has 5 heteroatoms. The summed E-state index contributed by atoms with van der Waals surface area (Å²) in [5, 5.41) is 0. The van der Waals surface area contributed by atoms with Gasteiger partial charge in [0, 0.05) is 12.0 Å². The van der Waals surface area contributed by atoms with Gasteiger partial charge in [0.1, 0.15) is 5.75 Å². The Hall–Kier alpha value is -1.78. The zero-order chi connectivity index (χ0) is 14.6. The molecule has 20 heavy (non-hydrogen) atoms. The maximum Gasteiger partial charge on any atom is 0.573 e. The largest absolute Gasteiger partial charge is 0.573 e. The van der Waals surface area contributed by atoms with Crippen molar-refractivity contribution in [3.05, 3.63) is 41.5 Å². The number of carbonyl (C=O) groups is 1. The molecule has 108 valence electrons. The number of carbonyl (C=O) groups excluding carboxylic acids is 1. The van der Waals surface area contributed by atoms with Gasteiger partial charge in [0.15, 0.2) is 5.78 Å². The number of ether oxygens (including phenoxy) is 1. The van der Waals surface area contributed by atoms with Crippen LogP contribution in [-0.2, 0) is 0 Å². The van der Waals surface area contributed by atoms with Gasteiger partial charge in [-0.15, -0.1) is 13.2 Å². The second kappa shape index (κ2) is 6.11. The summed E-state index contributed by atoms with van der Waals surface area (Å²) >= 11 is 0. The number of ketones is 1. The monoisotopic (exact) mass is 284 g/mol. The van der Waals surface area contributed by atoms with Gasteiger partial charge in [0.2, 0.25) is 0 Å². The molecule has 1 aliphatic carbocycles. The van der Waals surface area contributed by atoms with Crippen LogP contribution in [0.15, 0.2) is 35.9 Å². The van der Waals surface area contributed by atoms with Crippen molar-refractivity contribution in [3.63, 3.8) is 0 Å². The Balaban J connectivity index is 2.06. The lowest BCUT2D eigenvalue weighted by atomic mass is 9.94. The molecule has 0 radical (unpaired) electrons.